The molecule has 1 fully saturated rings. The summed E-state index contributed by atoms with van der Waals surface area (Å²) in [4.78, 5) is 12.0. The molecule has 0 aliphatic heterocycles. The number of hydrogen-bond acceptors (Lipinski definition) is 2. The molecule has 0 aromatic heterocycles. The summed E-state index contributed by atoms with van der Waals surface area (Å²) in [6, 6.07) is 0.755. The summed E-state index contributed by atoms with van der Waals surface area (Å²) < 4.78 is 0. The van der Waals surface area contributed by atoms with Crippen LogP contribution >= 0.6 is 0 Å². The van der Waals surface area contributed by atoms with Gasteiger partial charge in [-0.2, -0.15) is 0 Å². The topological polar surface area (TPSA) is 41.1 Å². The lowest BCUT2D eigenvalue weighted by molar-refractivity contribution is -0.123. The van der Waals surface area contributed by atoms with E-state index in [-0.39, 0.29) is 18.0 Å². The fourth-order valence-corrected chi connectivity index (χ4v) is 3.04. The van der Waals surface area contributed by atoms with Crippen LogP contribution in [-0.4, -0.2) is 24.0 Å². The van der Waals surface area contributed by atoms with Crippen molar-refractivity contribution in [2.24, 2.45) is 5.92 Å². The lowest BCUT2D eigenvalue weighted by Crippen LogP contribution is -2.49. The highest BCUT2D eigenvalue weighted by molar-refractivity contribution is 5.81. The van der Waals surface area contributed by atoms with E-state index < -0.39 is 0 Å². The zero-order valence-corrected chi connectivity index (χ0v) is 13.2. The predicted molar refractivity (Wildman–Crippen MR) is 81.1 cm³/mol. The minimum atomic E-state index is -0.0671. The van der Waals surface area contributed by atoms with E-state index in [2.05, 4.69) is 31.4 Å². The van der Waals surface area contributed by atoms with Crippen LogP contribution in [-0.2, 0) is 4.79 Å². The van der Waals surface area contributed by atoms with Crippen LogP contribution in [0.2, 0.25) is 0 Å². The highest BCUT2D eigenvalue weighted by Crippen LogP contribution is 2.26. The van der Waals surface area contributed by atoms with Gasteiger partial charge in [-0.3, -0.25) is 4.79 Å². The lowest BCUT2D eigenvalue weighted by Gasteiger charge is -2.30. The average Bonchev–Trinajstić information content (AvgIpc) is 2.39. The fraction of sp³-hybridized carbons (Fsp3) is 0.938. The second-order valence-electron chi connectivity index (χ2n) is 6.21. The van der Waals surface area contributed by atoms with Gasteiger partial charge < -0.3 is 10.6 Å². The maximum Gasteiger partial charge on any atom is 0.237 e. The molecule has 0 aromatic rings. The first-order valence-corrected chi connectivity index (χ1v) is 8.13. The SMILES string of the molecule is CCCC(C)NC(=O)C(C)NC1CCC(CC)CC1. The smallest absolute Gasteiger partial charge is 0.237 e. The highest BCUT2D eigenvalue weighted by atomic mass is 16.2. The second-order valence-corrected chi connectivity index (χ2v) is 6.21. The molecule has 1 aliphatic rings. The molecule has 112 valence electrons. The Kier molecular flexibility index (Phi) is 7.44. The normalized spacial score (nSPS) is 26.7. The van der Waals surface area contributed by atoms with Crippen molar-refractivity contribution in [1.29, 1.82) is 0 Å². The van der Waals surface area contributed by atoms with Crippen molar-refractivity contribution >= 4 is 5.91 Å². The molecule has 2 unspecified atom stereocenters. The van der Waals surface area contributed by atoms with Crippen LogP contribution in [0.5, 0.6) is 0 Å². The number of carbonyl (C=O) groups excluding carboxylic acids is 1. The Balaban J connectivity index is 2.26. The van der Waals surface area contributed by atoms with Crippen molar-refractivity contribution < 1.29 is 4.79 Å². The Morgan fingerprint density at radius 1 is 1.16 bits per heavy atom. The number of carbonyl (C=O) groups is 1. The van der Waals surface area contributed by atoms with Gasteiger partial charge in [-0.25, -0.2) is 0 Å². The minimum Gasteiger partial charge on any atom is -0.352 e. The van der Waals surface area contributed by atoms with Crippen molar-refractivity contribution in [2.45, 2.75) is 90.8 Å². The monoisotopic (exact) mass is 268 g/mol. The number of hydrogen-bond donors (Lipinski definition) is 2. The molecule has 0 radical (unpaired) electrons. The van der Waals surface area contributed by atoms with Gasteiger partial charge in [0.25, 0.3) is 0 Å². The van der Waals surface area contributed by atoms with Gasteiger partial charge in [0.2, 0.25) is 5.91 Å². The van der Waals surface area contributed by atoms with Gasteiger partial charge in [-0.05, 0) is 51.9 Å². The highest BCUT2D eigenvalue weighted by Gasteiger charge is 2.23. The van der Waals surface area contributed by atoms with Gasteiger partial charge >= 0.3 is 0 Å². The molecule has 3 nitrogen and oxygen atoms in total. The van der Waals surface area contributed by atoms with Crippen LogP contribution < -0.4 is 10.6 Å². The van der Waals surface area contributed by atoms with E-state index in [0.717, 1.165) is 18.8 Å². The molecule has 0 aromatic carbocycles. The van der Waals surface area contributed by atoms with E-state index in [1.54, 1.807) is 0 Å². The first-order valence-electron chi connectivity index (χ1n) is 8.13. The molecule has 0 bridgehead atoms. The van der Waals surface area contributed by atoms with Crippen LogP contribution in [0.25, 0.3) is 0 Å². The van der Waals surface area contributed by atoms with Crippen molar-refractivity contribution in [3.63, 3.8) is 0 Å². The molecule has 2 atom stereocenters. The first kappa shape index (κ1) is 16.5. The third-order valence-corrected chi connectivity index (χ3v) is 4.41. The predicted octanol–water partition coefficient (Wildman–Crippen LogP) is 3.24. The zero-order valence-electron chi connectivity index (χ0n) is 13.2. The minimum absolute atomic E-state index is 0.0671. The molecule has 3 heteroatoms. The standard InChI is InChI=1S/C16H32N2O/c1-5-7-12(3)17-16(19)13(4)18-15-10-8-14(6-2)9-11-15/h12-15,18H,5-11H2,1-4H3,(H,17,19). The number of amides is 1. The third-order valence-electron chi connectivity index (χ3n) is 4.41. The van der Waals surface area contributed by atoms with Gasteiger partial charge in [-0.1, -0.05) is 26.7 Å². The summed E-state index contributed by atoms with van der Waals surface area (Å²) in [6.07, 6.45) is 8.55. The van der Waals surface area contributed by atoms with Gasteiger partial charge in [0, 0.05) is 12.1 Å². The van der Waals surface area contributed by atoms with Crippen LogP contribution in [0.3, 0.4) is 0 Å². The van der Waals surface area contributed by atoms with E-state index >= 15 is 0 Å². The summed E-state index contributed by atoms with van der Waals surface area (Å²) in [5, 5.41) is 6.59. The molecule has 1 amide bonds. The van der Waals surface area contributed by atoms with E-state index in [9.17, 15) is 4.79 Å². The Morgan fingerprint density at radius 2 is 1.79 bits per heavy atom. The molecule has 1 saturated carbocycles. The molecule has 19 heavy (non-hydrogen) atoms. The van der Waals surface area contributed by atoms with Crippen LogP contribution in [0.1, 0.15) is 72.6 Å². The Bertz CT molecular complexity index is 259. The molecule has 2 N–H and O–H groups in total. The maximum atomic E-state index is 12.0. The first-order chi connectivity index (χ1) is 9.06. The van der Waals surface area contributed by atoms with E-state index in [4.69, 9.17) is 0 Å². The van der Waals surface area contributed by atoms with Crippen LogP contribution in [0.4, 0.5) is 0 Å². The van der Waals surface area contributed by atoms with Gasteiger partial charge in [0.05, 0.1) is 6.04 Å². The summed E-state index contributed by atoms with van der Waals surface area (Å²) in [5.41, 5.74) is 0. The summed E-state index contributed by atoms with van der Waals surface area (Å²) in [7, 11) is 0. The van der Waals surface area contributed by atoms with Crippen LogP contribution in [0, 0.1) is 5.92 Å². The summed E-state index contributed by atoms with van der Waals surface area (Å²) >= 11 is 0. The molecule has 0 spiro atoms. The Morgan fingerprint density at radius 3 is 2.32 bits per heavy atom. The molecule has 1 aliphatic carbocycles. The van der Waals surface area contributed by atoms with Crippen molar-refractivity contribution in [3.05, 3.63) is 0 Å². The maximum absolute atomic E-state index is 12.0. The summed E-state index contributed by atoms with van der Waals surface area (Å²) in [5.74, 6) is 1.06. The molecule has 1 rings (SSSR count). The van der Waals surface area contributed by atoms with Crippen molar-refractivity contribution in [3.8, 4) is 0 Å². The third kappa shape index (κ3) is 5.94. The fourth-order valence-electron chi connectivity index (χ4n) is 3.04. The van der Waals surface area contributed by atoms with E-state index in [1.165, 1.54) is 32.1 Å². The average molecular weight is 268 g/mol. The Labute approximate surface area is 118 Å². The van der Waals surface area contributed by atoms with Crippen molar-refractivity contribution in [1.82, 2.24) is 10.6 Å². The molecular formula is C16H32N2O. The van der Waals surface area contributed by atoms with E-state index in [0.29, 0.717) is 6.04 Å². The molecule has 0 saturated heterocycles. The van der Waals surface area contributed by atoms with Gasteiger partial charge in [0.15, 0.2) is 0 Å². The molecular weight excluding hydrogens is 236 g/mol. The van der Waals surface area contributed by atoms with Crippen LogP contribution in [0.15, 0.2) is 0 Å². The zero-order chi connectivity index (χ0) is 14.3. The second kappa shape index (κ2) is 8.57. The largest absolute Gasteiger partial charge is 0.352 e. The van der Waals surface area contributed by atoms with E-state index in [1.807, 2.05) is 6.92 Å². The Hall–Kier alpha value is -0.570. The summed E-state index contributed by atoms with van der Waals surface area (Å²) in [6.45, 7) is 8.50. The number of nitrogens with one attached hydrogen (secondary N) is 2. The quantitative estimate of drug-likeness (QED) is 0.744. The molecule has 0 heterocycles. The lowest BCUT2D eigenvalue weighted by atomic mass is 9.84. The number of rotatable bonds is 7. The van der Waals surface area contributed by atoms with Gasteiger partial charge in [0.1, 0.15) is 0 Å². The van der Waals surface area contributed by atoms with Crippen molar-refractivity contribution in [2.75, 3.05) is 0 Å². The van der Waals surface area contributed by atoms with Gasteiger partial charge in [-0.15, -0.1) is 0 Å².